The van der Waals surface area contributed by atoms with Crippen LogP contribution in [0.1, 0.15) is 55.0 Å². The van der Waals surface area contributed by atoms with E-state index in [0.717, 1.165) is 35.3 Å². The molecule has 1 spiro atoms. The molecule has 1 saturated carbocycles. The molecule has 0 amide bonds. The predicted molar refractivity (Wildman–Crippen MR) is 120 cm³/mol. The standard InChI is InChI=1S/C27H26F3NO/c1-3-32-21-12-9-19(10-13-21)25(2)22-14-11-20(27(28,29)30)17-23(22)31-24(26(25)15-16-26)18-7-5-4-6-8-18/h4-14,17,24,31H,3,15-16H2,1-2H3/t24-,25-/m1/s1. The quantitative estimate of drug-likeness (QED) is 0.460. The maximum Gasteiger partial charge on any atom is 0.416 e. The summed E-state index contributed by atoms with van der Waals surface area (Å²) in [5, 5.41) is 3.51. The molecule has 0 bridgehead atoms. The van der Waals surface area contributed by atoms with E-state index < -0.39 is 17.2 Å². The molecular formula is C27H26F3NO. The van der Waals surface area contributed by atoms with Gasteiger partial charge in [-0.05, 0) is 60.7 Å². The van der Waals surface area contributed by atoms with E-state index in [2.05, 4.69) is 36.5 Å². The maximum absolute atomic E-state index is 13.5. The van der Waals surface area contributed by atoms with Gasteiger partial charge in [-0.3, -0.25) is 0 Å². The maximum atomic E-state index is 13.5. The fraction of sp³-hybridized carbons (Fsp3) is 0.333. The Morgan fingerprint density at radius 1 is 0.969 bits per heavy atom. The smallest absolute Gasteiger partial charge is 0.416 e. The van der Waals surface area contributed by atoms with Gasteiger partial charge in [-0.25, -0.2) is 0 Å². The van der Waals surface area contributed by atoms with Crippen molar-refractivity contribution < 1.29 is 17.9 Å². The molecule has 3 aromatic rings. The molecule has 3 aromatic carbocycles. The Kier molecular flexibility index (Phi) is 4.77. The lowest BCUT2D eigenvalue weighted by molar-refractivity contribution is -0.137. The Bertz CT molecular complexity index is 1120. The first-order chi connectivity index (χ1) is 15.3. The molecule has 1 aliphatic carbocycles. The van der Waals surface area contributed by atoms with Crippen molar-refractivity contribution in [3.05, 3.63) is 95.1 Å². The Hall–Kier alpha value is -2.95. The number of fused-ring (bicyclic) bond motifs is 1. The Balaban J connectivity index is 1.71. The van der Waals surface area contributed by atoms with Gasteiger partial charge in [-0.15, -0.1) is 0 Å². The summed E-state index contributed by atoms with van der Waals surface area (Å²) in [5.41, 5.74) is 2.49. The summed E-state index contributed by atoms with van der Waals surface area (Å²) >= 11 is 0. The fourth-order valence-electron chi connectivity index (χ4n) is 5.59. The predicted octanol–water partition coefficient (Wildman–Crippen LogP) is 7.36. The molecule has 2 atom stereocenters. The summed E-state index contributed by atoms with van der Waals surface area (Å²) in [6.07, 6.45) is -2.38. The monoisotopic (exact) mass is 437 g/mol. The molecule has 2 aliphatic rings. The fourth-order valence-corrected chi connectivity index (χ4v) is 5.59. The number of anilines is 1. The van der Waals surface area contributed by atoms with Crippen molar-refractivity contribution in [3.8, 4) is 5.75 Å². The van der Waals surface area contributed by atoms with E-state index >= 15 is 0 Å². The first-order valence-electron chi connectivity index (χ1n) is 11.1. The molecule has 166 valence electrons. The second kappa shape index (κ2) is 7.29. The van der Waals surface area contributed by atoms with Gasteiger partial charge < -0.3 is 10.1 Å². The van der Waals surface area contributed by atoms with Crippen LogP contribution in [0.15, 0.2) is 72.8 Å². The van der Waals surface area contributed by atoms with Crippen molar-refractivity contribution in [3.63, 3.8) is 0 Å². The van der Waals surface area contributed by atoms with Gasteiger partial charge in [0.15, 0.2) is 0 Å². The summed E-state index contributed by atoms with van der Waals surface area (Å²) < 4.78 is 46.2. The number of ether oxygens (including phenoxy) is 1. The number of halogens is 3. The molecular weight excluding hydrogens is 411 g/mol. The van der Waals surface area contributed by atoms with Crippen LogP contribution >= 0.6 is 0 Å². The first kappa shape index (κ1) is 20.9. The molecule has 0 aromatic heterocycles. The van der Waals surface area contributed by atoms with E-state index in [-0.39, 0.29) is 11.5 Å². The molecule has 0 saturated heterocycles. The second-order valence-electron chi connectivity index (χ2n) is 8.98. The van der Waals surface area contributed by atoms with Crippen molar-refractivity contribution in [1.82, 2.24) is 0 Å². The zero-order chi connectivity index (χ0) is 22.6. The number of benzene rings is 3. The van der Waals surface area contributed by atoms with Gasteiger partial charge in [-0.1, -0.05) is 55.5 Å². The van der Waals surface area contributed by atoms with Gasteiger partial charge in [0.05, 0.1) is 18.2 Å². The van der Waals surface area contributed by atoms with E-state index in [9.17, 15) is 13.2 Å². The summed E-state index contributed by atoms with van der Waals surface area (Å²) in [6, 6.07) is 22.2. The van der Waals surface area contributed by atoms with Crippen LogP contribution in [0.2, 0.25) is 0 Å². The number of alkyl halides is 3. The number of rotatable bonds is 4. The number of nitrogens with one attached hydrogen (secondary N) is 1. The minimum absolute atomic E-state index is 0.0729. The van der Waals surface area contributed by atoms with Crippen LogP contribution in [-0.4, -0.2) is 6.61 Å². The van der Waals surface area contributed by atoms with Crippen molar-refractivity contribution in [1.29, 1.82) is 0 Å². The third-order valence-corrected chi connectivity index (χ3v) is 7.40. The molecule has 1 aliphatic heterocycles. The first-order valence-corrected chi connectivity index (χ1v) is 11.1. The zero-order valence-electron chi connectivity index (χ0n) is 18.2. The van der Waals surface area contributed by atoms with Gasteiger partial charge in [-0.2, -0.15) is 13.2 Å². The van der Waals surface area contributed by atoms with E-state index in [1.165, 1.54) is 12.1 Å². The van der Waals surface area contributed by atoms with Crippen LogP contribution in [0.3, 0.4) is 0 Å². The Labute approximate surface area is 186 Å². The van der Waals surface area contributed by atoms with Gasteiger partial charge in [0.25, 0.3) is 0 Å². The summed E-state index contributed by atoms with van der Waals surface area (Å²) in [7, 11) is 0. The third-order valence-electron chi connectivity index (χ3n) is 7.40. The highest BCUT2D eigenvalue weighted by atomic mass is 19.4. The van der Waals surface area contributed by atoms with E-state index in [1.807, 2.05) is 37.3 Å². The lowest BCUT2D eigenvalue weighted by atomic mass is 9.58. The van der Waals surface area contributed by atoms with Crippen LogP contribution in [0.4, 0.5) is 18.9 Å². The van der Waals surface area contributed by atoms with Crippen molar-refractivity contribution in [2.45, 2.75) is 44.3 Å². The molecule has 32 heavy (non-hydrogen) atoms. The van der Waals surface area contributed by atoms with E-state index in [1.54, 1.807) is 6.07 Å². The summed E-state index contributed by atoms with van der Waals surface area (Å²) in [4.78, 5) is 0. The molecule has 0 radical (unpaired) electrons. The summed E-state index contributed by atoms with van der Waals surface area (Å²) in [6.45, 7) is 4.72. The van der Waals surface area contributed by atoms with Gasteiger partial charge >= 0.3 is 6.18 Å². The topological polar surface area (TPSA) is 21.3 Å². The van der Waals surface area contributed by atoms with Gasteiger partial charge in [0.1, 0.15) is 5.75 Å². The summed E-state index contributed by atoms with van der Waals surface area (Å²) in [5.74, 6) is 0.797. The molecule has 1 fully saturated rings. The van der Waals surface area contributed by atoms with E-state index in [4.69, 9.17) is 4.74 Å². The average Bonchev–Trinajstić information content (AvgIpc) is 3.59. The van der Waals surface area contributed by atoms with Crippen LogP contribution in [-0.2, 0) is 11.6 Å². The molecule has 5 heteroatoms. The zero-order valence-corrected chi connectivity index (χ0v) is 18.2. The normalized spacial score (nSPS) is 23.3. The van der Waals surface area contributed by atoms with Crippen LogP contribution in [0, 0.1) is 5.41 Å². The average molecular weight is 438 g/mol. The highest BCUT2D eigenvalue weighted by Crippen LogP contribution is 2.71. The highest BCUT2D eigenvalue weighted by Gasteiger charge is 2.65. The minimum Gasteiger partial charge on any atom is -0.494 e. The largest absolute Gasteiger partial charge is 0.494 e. The van der Waals surface area contributed by atoms with Crippen LogP contribution in [0.5, 0.6) is 5.75 Å². The van der Waals surface area contributed by atoms with Crippen molar-refractivity contribution in [2.75, 3.05) is 11.9 Å². The van der Waals surface area contributed by atoms with Crippen molar-refractivity contribution in [2.24, 2.45) is 5.41 Å². The van der Waals surface area contributed by atoms with E-state index in [0.29, 0.717) is 12.3 Å². The second-order valence-corrected chi connectivity index (χ2v) is 8.98. The molecule has 2 nitrogen and oxygen atoms in total. The van der Waals surface area contributed by atoms with Crippen LogP contribution in [0.25, 0.3) is 0 Å². The highest BCUT2D eigenvalue weighted by molar-refractivity contribution is 5.67. The lowest BCUT2D eigenvalue weighted by Gasteiger charge is -2.50. The van der Waals surface area contributed by atoms with Crippen LogP contribution < -0.4 is 10.1 Å². The Morgan fingerprint density at radius 3 is 2.25 bits per heavy atom. The van der Waals surface area contributed by atoms with Crippen molar-refractivity contribution >= 4 is 5.69 Å². The third kappa shape index (κ3) is 3.09. The molecule has 5 rings (SSSR count). The van der Waals surface area contributed by atoms with Gasteiger partial charge in [0, 0.05) is 16.5 Å². The molecule has 0 unspecified atom stereocenters. The number of hydrogen-bond acceptors (Lipinski definition) is 2. The molecule has 1 N–H and O–H groups in total. The lowest BCUT2D eigenvalue weighted by Crippen LogP contribution is -2.46. The Morgan fingerprint density at radius 2 is 1.66 bits per heavy atom. The number of hydrogen-bond donors (Lipinski definition) is 1. The SMILES string of the molecule is CCOc1ccc([C@]2(C)c3ccc(C(F)(F)F)cc3N[C@H](c3ccccc3)C23CC3)cc1. The molecule has 1 heterocycles. The van der Waals surface area contributed by atoms with Gasteiger partial charge in [0.2, 0.25) is 0 Å². The minimum atomic E-state index is -4.39.